The minimum Gasteiger partial charge on any atom is -0.344 e. The van der Waals surface area contributed by atoms with Gasteiger partial charge >= 0.3 is 0 Å². The molecule has 0 N–H and O–H groups in total. The summed E-state index contributed by atoms with van der Waals surface area (Å²) in [6.45, 7) is 7.13. The van der Waals surface area contributed by atoms with Gasteiger partial charge < -0.3 is 4.90 Å². The molecule has 0 spiro atoms. The van der Waals surface area contributed by atoms with E-state index in [1.54, 1.807) is 0 Å². The second kappa shape index (κ2) is 8.14. The number of halogens is 1. The fourth-order valence-corrected chi connectivity index (χ4v) is 2.17. The minimum absolute atomic E-state index is 0.223. The first-order valence-electron chi connectivity index (χ1n) is 5.91. The van der Waals surface area contributed by atoms with Crippen LogP contribution in [-0.2, 0) is 4.79 Å². The summed E-state index contributed by atoms with van der Waals surface area (Å²) in [5.41, 5.74) is 0. The van der Waals surface area contributed by atoms with Gasteiger partial charge in [0.05, 0.1) is 0 Å². The quantitative estimate of drug-likeness (QED) is 0.653. The van der Waals surface area contributed by atoms with Crippen molar-refractivity contribution in [3.8, 4) is 0 Å². The van der Waals surface area contributed by atoms with Crippen molar-refractivity contribution >= 4 is 21.8 Å². The molecule has 90 valence electrons. The van der Waals surface area contributed by atoms with Gasteiger partial charge in [0.2, 0.25) is 5.91 Å². The SMILES string of the molecule is CCCCC(CC)C(=O)N(C)CC(C)Br. The second-order valence-electron chi connectivity index (χ2n) is 4.25. The number of hydrogen-bond acceptors (Lipinski definition) is 1. The highest BCUT2D eigenvalue weighted by molar-refractivity contribution is 9.09. The van der Waals surface area contributed by atoms with Gasteiger partial charge in [-0.05, 0) is 12.8 Å². The normalized spacial score (nSPS) is 14.7. The van der Waals surface area contributed by atoms with Gasteiger partial charge in [-0.3, -0.25) is 4.79 Å². The standard InChI is InChI=1S/C12H24BrNO/c1-5-7-8-11(6-2)12(15)14(4)9-10(3)13/h10-11H,5-9H2,1-4H3. The molecule has 2 nitrogen and oxygen atoms in total. The van der Waals surface area contributed by atoms with E-state index in [1.807, 2.05) is 11.9 Å². The Hall–Kier alpha value is -0.0500. The molecule has 0 fully saturated rings. The van der Waals surface area contributed by atoms with Gasteiger partial charge in [-0.1, -0.05) is 49.5 Å². The summed E-state index contributed by atoms with van der Waals surface area (Å²) in [4.78, 5) is 14.2. The van der Waals surface area contributed by atoms with E-state index in [0.717, 1.165) is 25.8 Å². The van der Waals surface area contributed by atoms with E-state index in [4.69, 9.17) is 0 Å². The third-order valence-corrected chi connectivity index (χ3v) is 2.94. The molecule has 0 heterocycles. The Kier molecular flexibility index (Phi) is 8.12. The molecule has 0 aliphatic heterocycles. The number of nitrogens with zero attached hydrogens (tertiary/aromatic N) is 1. The predicted octanol–water partition coefficient (Wildman–Crippen LogP) is 3.44. The van der Waals surface area contributed by atoms with Crippen molar-refractivity contribution in [3.63, 3.8) is 0 Å². The van der Waals surface area contributed by atoms with Crippen molar-refractivity contribution in [3.05, 3.63) is 0 Å². The number of carbonyl (C=O) groups is 1. The topological polar surface area (TPSA) is 20.3 Å². The monoisotopic (exact) mass is 277 g/mol. The molecule has 0 aromatic heterocycles. The maximum Gasteiger partial charge on any atom is 0.225 e. The summed E-state index contributed by atoms with van der Waals surface area (Å²) in [7, 11) is 1.90. The van der Waals surface area contributed by atoms with E-state index in [1.165, 1.54) is 6.42 Å². The van der Waals surface area contributed by atoms with Crippen LogP contribution in [0.15, 0.2) is 0 Å². The van der Waals surface area contributed by atoms with Crippen LogP contribution < -0.4 is 0 Å². The summed E-state index contributed by atoms with van der Waals surface area (Å²) >= 11 is 3.47. The Morgan fingerprint density at radius 3 is 2.40 bits per heavy atom. The van der Waals surface area contributed by atoms with Crippen molar-refractivity contribution in [2.45, 2.75) is 51.3 Å². The van der Waals surface area contributed by atoms with E-state index in [2.05, 4.69) is 36.7 Å². The molecule has 0 radical (unpaired) electrons. The Morgan fingerprint density at radius 2 is 2.00 bits per heavy atom. The van der Waals surface area contributed by atoms with Crippen molar-refractivity contribution in [2.75, 3.05) is 13.6 Å². The van der Waals surface area contributed by atoms with Crippen LogP contribution in [0.4, 0.5) is 0 Å². The van der Waals surface area contributed by atoms with Crippen LogP contribution in [-0.4, -0.2) is 29.2 Å². The molecule has 0 aromatic carbocycles. The highest BCUT2D eigenvalue weighted by atomic mass is 79.9. The summed E-state index contributed by atoms with van der Waals surface area (Å²) in [6.07, 6.45) is 4.32. The molecular weight excluding hydrogens is 254 g/mol. The van der Waals surface area contributed by atoms with Crippen LogP contribution in [0.2, 0.25) is 0 Å². The molecule has 3 heteroatoms. The molecule has 1 amide bonds. The van der Waals surface area contributed by atoms with Crippen LogP contribution in [0.5, 0.6) is 0 Å². The lowest BCUT2D eigenvalue weighted by molar-refractivity contribution is -0.134. The van der Waals surface area contributed by atoms with Gasteiger partial charge in [0.15, 0.2) is 0 Å². The Labute approximate surface area is 103 Å². The van der Waals surface area contributed by atoms with Crippen molar-refractivity contribution in [1.82, 2.24) is 4.90 Å². The van der Waals surface area contributed by atoms with Gasteiger partial charge in [-0.25, -0.2) is 0 Å². The lowest BCUT2D eigenvalue weighted by atomic mass is 9.98. The van der Waals surface area contributed by atoms with Crippen LogP contribution >= 0.6 is 15.9 Å². The van der Waals surface area contributed by atoms with E-state index < -0.39 is 0 Å². The Morgan fingerprint density at radius 1 is 1.40 bits per heavy atom. The largest absolute Gasteiger partial charge is 0.344 e. The van der Waals surface area contributed by atoms with E-state index >= 15 is 0 Å². The molecule has 0 bridgehead atoms. The number of alkyl halides is 1. The Bertz CT molecular complexity index is 182. The predicted molar refractivity (Wildman–Crippen MR) is 69.3 cm³/mol. The lowest BCUT2D eigenvalue weighted by Gasteiger charge is -2.24. The van der Waals surface area contributed by atoms with Crippen molar-refractivity contribution in [2.24, 2.45) is 5.92 Å². The van der Waals surface area contributed by atoms with Crippen LogP contribution in [0.1, 0.15) is 46.5 Å². The molecule has 0 aliphatic carbocycles. The second-order valence-corrected chi connectivity index (χ2v) is 5.81. The lowest BCUT2D eigenvalue weighted by Crippen LogP contribution is -2.36. The maximum atomic E-state index is 12.0. The maximum absolute atomic E-state index is 12.0. The first-order chi connectivity index (χ1) is 7.02. The summed E-state index contributed by atoms with van der Waals surface area (Å²) in [5.74, 6) is 0.526. The van der Waals surface area contributed by atoms with E-state index in [0.29, 0.717) is 10.7 Å². The minimum atomic E-state index is 0.223. The van der Waals surface area contributed by atoms with Gasteiger partial charge in [0, 0.05) is 24.3 Å². The smallest absolute Gasteiger partial charge is 0.225 e. The molecule has 2 unspecified atom stereocenters. The highest BCUT2D eigenvalue weighted by Crippen LogP contribution is 2.16. The molecule has 0 aromatic rings. The van der Waals surface area contributed by atoms with Crippen LogP contribution in [0.25, 0.3) is 0 Å². The third-order valence-electron chi connectivity index (χ3n) is 2.65. The van der Waals surface area contributed by atoms with Crippen molar-refractivity contribution in [1.29, 1.82) is 0 Å². The fraction of sp³-hybridized carbons (Fsp3) is 0.917. The molecule has 0 aliphatic rings. The Balaban J connectivity index is 4.11. The van der Waals surface area contributed by atoms with Gasteiger partial charge in [0.25, 0.3) is 0 Å². The molecule has 2 atom stereocenters. The highest BCUT2D eigenvalue weighted by Gasteiger charge is 2.20. The van der Waals surface area contributed by atoms with E-state index in [9.17, 15) is 4.79 Å². The van der Waals surface area contributed by atoms with Crippen molar-refractivity contribution < 1.29 is 4.79 Å². The van der Waals surface area contributed by atoms with E-state index in [-0.39, 0.29) is 5.92 Å². The average molecular weight is 278 g/mol. The zero-order chi connectivity index (χ0) is 11.8. The summed E-state index contributed by atoms with van der Waals surface area (Å²) < 4.78 is 0. The molecule has 0 rings (SSSR count). The van der Waals surface area contributed by atoms with Gasteiger partial charge in [-0.2, -0.15) is 0 Å². The fourth-order valence-electron chi connectivity index (χ4n) is 1.73. The summed E-state index contributed by atoms with van der Waals surface area (Å²) in [5, 5.41) is 0. The number of carbonyl (C=O) groups excluding carboxylic acids is 1. The third kappa shape index (κ3) is 6.18. The number of hydrogen-bond donors (Lipinski definition) is 0. The molecule has 0 saturated heterocycles. The zero-order valence-corrected chi connectivity index (χ0v) is 12.0. The molecular formula is C12H24BrNO. The number of rotatable bonds is 7. The first-order valence-corrected chi connectivity index (χ1v) is 6.83. The van der Waals surface area contributed by atoms with Gasteiger partial charge in [-0.15, -0.1) is 0 Å². The zero-order valence-electron chi connectivity index (χ0n) is 10.4. The number of unbranched alkanes of at least 4 members (excludes halogenated alkanes) is 1. The number of amides is 1. The van der Waals surface area contributed by atoms with Gasteiger partial charge in [0.1, 0.15) is 0 Å². The molecule has 0 saturated carbocycles. The van der Waals surface area contributed by atoms with Crippen LogP contribution in [0, 0.1) is 5.92 Å². The van der Waals surface area contributed by atoms with Crippen LogP contribution in [0.3, 0.4) is 0 Å². The summed E-state index contributed by atoms with van der Waals surface area (Å²) in [6, 6.07) is 0. The first kappa shape index (κ1) is 14.9. The average Bonchev–Trinajstić information content (AvgIpc) is 2.17. The molecule has 15 heavy (non-hydrogen) atoms.